The van der Waals surface area contributed by atoms with E-state index in [-0.39, 0.29) is 0 Å². The van der Waals surface area contributed by atoms with Gasteiger partial charge in [0.05, 0.1) is 6.54 Å². The lowest BCUT2D eigenvalue weighted by Crippen LogP contribution is -2.26. The molecule has 0 saturated carbocycles. The van der Waals surface area contributed by atoms with E-state index in [0.717, 1.165) is 38.4 Å². The first kappa shape index (κ1) is 14.0. The second-order valence-corrected chi connectivity index (χ2v) is 5.35. The van der Waals surface area contributed by atoms with E-state index < -0.39 is 0 Å². The Balaban J connectivity index is 1.58. The maximum Gasteiger partial charge on any atom is 0.123 e. The molecule has 0 atom stereocenters. The molecule has 2 aromatic carbocycles. The maximum absolute atomic E-state index is 5.98. The van der Waals surface area contributed by atoms with Crippen molar-refractivity contribution in [1.82, 2.24) is 5.32 Å². The summed E-state index contributed by atoms with van der Waals surface area (Å²) in [7, 11) is 1.96. The zero-order valence-electron chi connectivity index (χ0n) is 12.5. The molecule has 1 aliphatic heterocycles. The van der Waals surface area contributed by atoms with E-state index in [9.17, 15) is 0 Å². The summed E-state index contributed by atoms with van der Waals surface area (Å²) in [5.41, 5.74) is 4.03. The first-order valence-electron chi connectivity index (χ1n) is 7.56. The van der Waals surface area contributed by atoms with E-state index in [0.29, 0.717) is 0 Å². The second-order valence-electron chi connectivity index (χ2n) is 5.35. The highest BCUT2D eigenvalue weighted by atomic mass is 16.5. The van der Waals surface area contributed by atoms with Crippen LogP contribution in [0.1, 0.15) is 11.1 Å². The smallest absolute Gasteiger partial charge is 0.123 e. The molecule has 0 unspecified atom stereocenters. The lowest BCUT2D eigenvalue weighted by Gasteiger charge is -2.20. The number of para-hydroxylation sites is 2. The Kier molecular flexibility index (Phi) is 4.41. The quantitative estimate of drug-likeness (QED) is 0.881. The molecule has 0 aliphatic carbocycles. The van der Waals surface area contributed by atoms with Crippen LogP contribution in [0.2, 0.25) is 0 Å². The molecule has 0 bridgehead atoms. The molecule has 3 heteroatoms. The minimum absolute atomic E-state index is 0.717. The molecule has 21 heavy (non-hydrogen) atoms. The van der Waals surface area contributed by atoms with Gasteiger partial charge in [-0.15, -0.1) is 0 Å². The molecule has 110 valence electrons. The summed E-state index contributed by atoms with van der Waals surface area (Å²) in [6.07, 6.45) is 1.15. The van der Waals surface area contributed by atoms with Crippen LogP contribution in [0.25, 0.3) is 0 Å². The summed E-state index contributed by atoms with van der Waals surface area (Å²) in [5.74, 6) is 0.985. The number of nitrogens with zero attached hydrogens (tertiary/aromatic N) is 1. The van der Waals surface area contributed by atoms with Crippen LogP contribution < -0.4 is 15.0 Å². The summed E-state index contributed by atoms with van der Waals surface area (Å²) >= 11 is 0. The number of anilines is 1. The highest BCUT2D eigenvalue weighted by Crippen LogP contribution is 2.27. The van der Waals surface area contributed by atoms with Gasteiger partial charge < -0.3 is 15.0 Å². The van der Waals surface area contributed by atoms with E-state index in [2.05, 4.69) is 46.6 Å². The molecule has 0 spiro atoms. The monoisotopic (exact) mass is 282 g/mol. The van der Waals surface area contributed by atoms with Crippen molar-refractivity contribution >= 4 is 5.69 Å². The summed E-state index contributed by atoms with van der Waals surface area (Å²) in [6.45, 7) is 3.59. The molecule has 3 rings (SSSR count). The zero-order chi connectivity index (χ0) is 14.5. The Hall–Kier alpha value is -2.00. The van der Waals surface area contributed by atoms with Crippen molar-refractivity contribution in [2.24, 2.45) is 0 Å². The third-order valence-corrected chi connectivity index (χ3v) is 3.94. The molecule has 1 N–H and O–H groups in total. The van der Waals surface area contributed by atoms with Gasteiger partial charge in [0.1, 0.15) is 12.4 Å². The molecule has 0 saturated heterocycles. The van der Waals surface area contributed by atoms with Crippen molar-refractivity contribution in [2.45, 2.75) is 13.0 Å². The standard InChI is InChI=1S/C18H22N2O/c1-19-14-16-7-3-5-9-18(16)21-13-12-20-11-10-15-6-2-4-8-17(15)20/h2-9,19H,10-14H2,1H3. The van der Waals surface area contributed by atoms with Crippen LogP contribution in [0.5, 0.6) is 5.75 Å². The number of ether oxygens (including phenoxy) is 1. The first-order chi connectivity index (χ1) is 10.4. The minimum Gasteiger partial charge on any atom is -0.491 e. The van der Waals surface area contributed by atoms with Gasteiger partial charge in [0, 0.05) is 24.3 Å². The molecule has 3 nitrogen and oxygen atoms in total. The predicted octanol–water partition coefficient (Wildman–Crippen LogP) is 2.85. The molecule has 2 aromatic rings. The fraction of sp³-hybridized carbons (Fsp3) is 0.333. The van der Waals surface area contributed by atoms with Gasteiger partial charge in [-0.3, -0.25) is 0 Å². The molecular weight excluding hydrogens is 260 g/mol. The van der Waals surface area contributed by atoms with Crippen LogP contribution in [-0.2, 0) is 13.0 Å². The Morgan fingerprint density at radius 3 is 2.81 bits per heavy atom. The summed E-state index contributed by atoms with van der Waals surface area (Å²) < 4.78 is 5.98. The van der Waals surface area contributed by atoms with Crippen molar-refractivity contribution in [3.8, 4) is 5.75 Å². The van der Waals surface area contributed by atoms with Gasteiger partial charge >= 0.3 is 0 Å². The first-order valence-corrected chi connectivity index (χ1v) is 7.56. The zero-order valence-corrected chi connectivity index (χ0v) is 12.5. The number of fused-ring (bicyclic) bond motifs is 1. The molecule has 1 heterocycles. The fourth-order valence-corrected chi connectivity index (χ4v) is 2.89. The van der Waals surface area contributed by atoms with E-state index >= 15 is 0 Å². The van der Waals surface area contributed by atoms with Gasteiger partial charge in [0.2, 0.25) is 0 Å². The van der Waals surface area contributed by atoms with Crippen LogP contribution in [0.4, 0.5) is 5.69 Å². The fourth-order valence-electron chi connectivity index (χ4n) is 2.89. The average molecular weight is 282 g/mol. The largest absolute Gasteiger partial charge is 0.491 e. The summed E-state index contributed by atoms with van der Waals surface area (Å²) in [6, 6.07) is 16.9. The lowest BCUT2D eigenvalue weighted by molar-refractivity contribution is 0.320. The highest BCUT2D eigenvalue weighted by Gasteiger charge is 2.17. The third-order valence-electron chi connectivity index (χ3n) is 3.94. The highest BCUT2D eigenvalue weighted by molar-refractivity contribution is 5.57. The van der Waals surface area contributed by atoms with E-state index in [4.69, 9.17) is 4.74 Å². The Morgan fingerprint density at radius 2 is 1.90 bits per heavy atom. The molecular formula is C18H22N2O. The van der Waals surface area contributed by atoms with Crippen molar-refractivity contribution < 1.29 is 4.74 Å². The van der Waals surface area contributed by atoms with E-state index in [1.807, 2.05) is 19.2 Å². The van der Waals surface area contributed by atoms with Crippen LogP contribution in [0.3, 0.4) is 0 Å². The average Bonchev–Trinajstić information content (AvgIpc) is 2.93. The molecule has 0 aromatic heterocycles. The van der Waals surface area contributed by atoms with Gasteiger partial charge in [-0.25, -0.2) is 0 Å². The van der Waals surface area contributed by atoms with E-state index in [1.165, 1.54) is 16.8 Å². The van der Waals surface area contributed by atoms with Crippen molar-refractivity contribution in [1.29, 1.82) is 0 Å². The third kappa shape index (κ3) is 3.19. The Morgan fingerprint density at radius 1 is 1.10 bits per heavy atom. The predicted molar refractivity (Wildman–Crippen MR) is 87.1 cm³/mol. The minimum atomic E-state index is 0.717. The Bertz CT molecular complexity index is 597. The normalized spacial score (nSPS) is 13.3. The maximum atomic E-state index is 5.98. The topological polar surface area (TPSA) is 24.5 Å². The SMILES string of the molecule is CNCc1ccccc1OCCN1CCc2ccccc21. The van der Waals surface area contributed by atoms with Crippen LogP contribution in [0.15, 0.2) is 48.5 Å². The van der Waals surface area contributed by atoms with Crippen molar-refractivity contribution in [2.75, 3.05) is 31.6 Å². The summed E-state index contributed by atoms with van der Waals surface area (Å²) in [4.78, 5) is 2.41. The lowest BCUT2D eigenvalue weighted by atomic mass is 10.2. The number of hydrogen-bond acceptors (Lipinski definition) is 3. The molecule has 1 aliphatic rings. The van der Waals surface area contributed by atoms with Gasteiger partial charge in [0.15, 0.2) is 0 Å². The molecule has 0 fully saturated rings. The number of benzene rings is 2. The van der Waals surface area contributed by atoms with E-state index in [1.54, 1.807) is 0 Å². The van der Waals surface area contributed by atoms with Crippen LogP contribution in [0, 0.1) is 0 Å². The Labute approximate surface area is 126 Å². The molecule has 0 amide bonds. The second kappa shape index (κ2) is 6.64. The van der Waals surface area contributed by atoms with Crippen LogP contribution >= 0.6 is 0 Å². The molecule has 0 radical (unpaired) electrons. The van der Waals surface area contributed by atoms with Crippen molar-refractivity contribution in [3.63, 3.8) is 0 Å². The number of nitrogens with one attached hydrogen (secondary N) is 1. The van der Waals surface area contributed by atoms with Gasteiger partial charge in [-0.1, -0.05) is 36.4 Å². The van der Waals surface area contributed by atoms with Gasteiger partial charge in [0.25, 0.3) is 0 Å². The van der Waals surface area contributed by atoms with Crippen molar-refractivity contribution in [3.05, 3.63) is 59.7 Å². The van der Waals surface area contributed by atoms with Crippen LogP contribution in [-0.4, -0.2) is 26.7 Å². The van der Waals surface area contributed by atoms with Gasteiger partial charge in [-0.05, 0) is 31.2 Å². The summed E-state index contributed by atoms with van der Waals surface area (Å²) in [5, 5.41) is 3.18. The number of rotatable bonds is 6. The number of hydrogen-bond donors (Lipinski definition) is 1. The van der Waals surface area contributed by atoms with Gasteiger partial charge in [-0.2, -0.15) is 0 Å².